The van der Waals surface area contributed by atoms with E-state index in [4.69, 9.17) is 5.73 Å². The Bertz CT molecular complexity index is 688. The number of nitro benzene ring substituents is 1. The third kappa shape index (κ3) is 2.94. The van der Waals surface area contributed by atoms with E-state index >= 15 is 0 Å². The second kappa shape index (κ2) is 5.53. The fourth-order valence-corrected chi connectivity index (χ4v) is 1.71. The fraction of sp³-hybridized carbons (Fsp3) is 0.182. The molecule has 9 nitrogen and oxygen atoms in total. The predicted octanol–water partition coefficient (Wildman–Crippen LogP) is 0.706. The van der Waals surface area contributed by atoms with Crippen LogP contribution in [-0.4, -0.2) is 38.0 Å². The Hall–Kier alpha value is -3.04. The smallest absolute Gasteiger partial charge is 0.285 e. The number of hydrogen-bond donors (Lipinski definition) is 2. The monoisotopic (exact) mass is 294 g/mol. The van der Waals surface area contributed by atoms with E-state index in [9.17, 15) is 19.3 Å². The summed E-state index contributed by atoms with van der Waals surface area (Å²) in [6.07, 6.45) is 1.27. The fourth-order valence-electron chi connectivity index (χ4n) is 1.71. The first kappa shape index (κ1) is 14.4. The summed E-state index contributed by atoms with van der Waals surface area (Å²) in [4.78, 5) is 27.4. The minimum atomic E-state index is -0.948. The number of nitrogen functional groups attached to an aromatic ring is 1. The Morgan fingerprint density at radius 2 is 2.29 bits per heavy atom. The van der Waals surface area contributed by atoms with Gasteiger partial charge in [-0.1, -0.05) is 0 Å². The lowest BCUT2D eigenvalue weighted by Crippen LogP contribution is -2.27. The Balaban J connectivity index is 2.33. The van der Waals surface area contributed by atoms with Crippen molar-refractivity contribution in [1.82, 2.24) is 20.1 Å². The van der Waals surface area contributed by atoms with Gasteiger partial charge in [0.2, 0.25) is 0 Å². The van der Waals surface area contributed by atoms with Crippen molar-refractivity contribution in [2.45, 2.75) is 6.54 Å². The van der Waals surface area contributed by atoms with E-state index in [1.807, 2.05) is 0 Å². The van der Waals surface area contributed by atoms with Gasteiger partial charge in [-0.25, -0.2) is 9.37 Å². The van der Waals surface area contributed by atoms with Gasteiger partial charge in [-0.2, -0.15) is 5.10 Å². The molecule has 0 saturated heterocycles. The zero-order chi connectivity index (χ0) is 15.6. The molecule has 1 heterocycles. The number of H-pyrrole nitrogens is 1. The number of nitrogens with one attached hydrogen (secondary N) is 1. The van der Waals surface area contributed by atoms with Crippen LogP contribution in [0.3, 0.4) is 0 Å². The Labute approximate surface area is 117 Å². The maximum atomic E-state index is 13.3. The molecule has 10 heteroatoms. The third-order valence-corrected chi connectivity index (χ3v) is 2.74. The van der Waals surface area contributed by atoms with Crippen molar-refractivity contribution in [3.63, 3.8) is 0 Å². The van der Waals surface area contributed by atoms with Crippen LogP contribution in [0.2, 0.25) is 0 Å². The summed E-state index contributed by atoms with van der Waals surface area (Å²) >= 11 is 0. The zero-order valence-electron chi connectivity index (χ0n) is 10.9. The maximum Gasteiger partial charge on any atom is 0.285 e. The number of carbonyl (C=O) groups excluding carboxylic acids is 1. The Morgan fingerprint density at radius 3 is 2.86 bits per heavy atom. The topological polar surface area (TPSA) is 131 Å². The number of nitro groups is 1. The highest BCUT2D eigenvalue weighted by atomic mass is 19.1. The first-order valence-electron chi connectivity index (χ1n) is 5.73. The van der Waals surface area contributed by atoms with Crippen LogP contribution in [0.1, 0.15) is 16.2 Å². The molecule has 3 N–H and O–H groups in total. The quantitative estimate of drug-likeness (QED) is 0.485. The molecule has 0 aliphatic carbocycles. The second-order valence-corrected chi connectivity index (χ2v) is 4.24. The number of aromatic amines is 1. The molecule has 1 aromatic heterocycles. The van der Waals surface area contributed by atoms with Crippen LogP contribution < -0.4 is 5.73 Å². The van der Waals surface area contributed by atoms with E-state index in [2.05, 4.69) is 15.2 Å². The van der Waals surface area contributed by atoms with Gasteiger partial charge in [0.1, 0.15) is 17.7 Å². The molecule has 21 heavy (non-hydrogen) atoms. The van der Waals surface area contributed by atoms with Gasteiger partial charge < -0.3 is 10.6 Å². The lowest BCUT2D eigenvalue weighted by molar-refractivity contribution is -0.385. The van der Waals surface area contributed by atoms with Crippen LogP contribution in [0, 0.1) is 15.9 Å². The van der Waals surface area contributed by atoms with E-state index in [1.54, 1.807) is 0 Å². The number of anilines is 1. The van der Waals surface area contributed by atoms with Crippen LogP contribution in [0.4, 0.5) is 15.8 Å². The highest BCUT2D eigenvalue weighted by Gasteiger charge is 2.25. The van der Waals surface area contributed by atoms with Crippen molar-refractivity contribution >= 4 is 17.3 Å². The normalized spacial score (nSPS) is 10.4. The lowest BCUT2D eigenvalue weighted by Gasteiger charge is -2.16. The highest BCUT2D eigenvalue weighted by molar-refractivity contribution is 5.98. The average Bonchev–Trinajstić information content (AvgIpc) is 2.93. The molecule has 0 fully saturated rings. The van der Waals surface area contributed by atoms with Gasteiger partial charge in [0, 0.05) is 7.05 Å². The summed E-state index contributed by atoms with van der Waals surface area (Å²) in [5.74, 6) is -1.22. The number of rotatable bonds is 4. The second-order valence-electron chi connectivity index (χ2n) is 4.24. The van der Waals surface area contributed by atoms with Crippen LogP contribution in [0.25, 0.3) is 0 Å². The minimum absolute atomic E-state index is 0.0628. The Kier molecular flexibility index (Phi) is 3.78. The molecule has 0 bridgehead atoms. The molecule has 0 spiro atoms. The van der Waals surface area contributed by atoms with Crippen LogP contribution >= 0.6 is 0 Å². The zero-order valence-corrected chi connectivity index (χ0v) is 10.9. The molecule has 0 radical (unpaired) electrons. The standard InChI is InChI=1S/C11H11FN6O3/c1-17(4-10-14-5-15-16-10)11(19)6-2-8(13)7(12)3-9(6)18(20)21/h2-3,5H,4,13H2,1H3,(H,14,15,16). The number of halogens is 1. The summed E-state index contributed by atoms with van der Waals surface area (Å²) in [5, 5.41) is 17.1. The van der Waals surface area contributed by atoms with Crippen molar-refractivity contribution in [2.24, 2.45) is 0 Å². The number of nitrogens with zero attached hydrogens (tertiary/aromatic N) is 4. The van der Waals surface area contributed by atoms with Crippen LogP contribution in [0.15, 0.2) is 18.5 Å². The molecule has 2 rings (SSSR count). The lowest BCUT2D eigenvalue weighted by atomic mass is 10.1. The largest absolute Gasteiger partial charge is 0.396 e. The molecule has 0 aliphatic rings. The number of benzene rings is 1. The minimum Gasteiger partial charge on any atom is -0.396 e. The number of hydrogen-bond acceptors (Lipinski definition) is 6. The molecular formula is C11H11FN6O3. The SMILES string of the molecule is CN(Cc1ncn[nH]1)C(=O)c1cc(N)c(F)cc1[N+](=O)[O-]. The maximum absolute atomic E-state index is 13.3. The molecule has 1 amide bonds. The summed E-state index contributed by atoms with van der Waals surface area (Å²) in [6, 6.07) is 1.58. The van der Waals surface area contributed by atoms with Gasteiger partial charge >= 0.3 is 0 Å². The van der Waals surface area contributed by atoms with Crippen LogP contribution in [-0.2, 0) is 6.54 Å². The van der Waals surface area contributed by atoms with Crippen LogP contribution in [0.5, 0.6) is 0 Å². The van der Waals surface area contributed by atoms with Gasteiger partial charge in [0.15, 0.2) is 5.82 Å². The molecule has 0 unspecified atom stereocenters. The summed E-state index contributed by atoms with van der Waals surface area (Å²) in [5.41, 5.74) is 4.10. The number of aromatic nitrogens is 3. The average molecular weight is 294 g/mol. The van der Waals surface area contributed by atoms with Crippen molar-refractivity contribution in [1.29, 1.82) is 0 Å². The number of amides is 1. The molecule has 0 aliphatic heterocycles. The first-order valence-corrected chi connectivity index (χ1v) is 5.73. The molecular weight excluding hydrogens is 283 g/mol. The van der Waals surface area contributed by atoms with Gasteiger partial charge in [-0.05, 0) is 6.07 Å². The predicted molar refractivity (Wildman–Crippen MR) is 69.6 cm³/mol. The third-order valence-electron chi connectivity index (χ3n) is 2.74. The van der Waals surface area contributed by atoms with Gasteiger partial charge in [0.25, 0.3) is 11.6 Å². The molecule has 110 valence electrons. The number of carbonyl (C=O) groups is 1. The van der Waals surface area contributed by atoms with E-state index < -0.39 is 22.3 Å². The van der Waals surface area contributed by atoms with Crippen molar-refractivity contribution in [3.05, 3.63) is 45.8 Å². The van der Waals surface area contributed by atoms with E-state index in [1.165, 1.54) is 18.3 Å². The van der Waals surface area contributed by atoms with Gasteiger partial charge in [0.05, 0.1) is 23.2 Å². The molecule has 0 atom stereocenters. The summed E-state index contributed by atoms with van der Waals surface area (Å²) in [7, 11) is 1.42. The number of nitrogens with two attached hydrogens (primary N) is 1. The summed E-state index contributed by atoms with van der Waals surface area (Å²) in [6.45, 7) is 0.0628. The summed E-state index contributed by atoms with van der Waals surface area (Å²) < 4.78 is 13.3. The molecule has 1 aromatic carbocycles. The Morgan fingerprint density at radius 1 is 1.57 bits per heavy atom. The molecule has 2 aromatic rings. The molecule has 0 saturated carbocycles. The van der Waals surface area contributed by atoms with E-state index in [0.29, 0.717) is 11.9 Å². The van der Waals surface area contributed by atoms with E-state index in [0.717, 1.165) is 6.07 Å². The van der Waals surface area contributed by atoms with Crippen molar-refractivity contribution in [2.75, 3.05) is 12.8 Å². The van der Waals surface area contributed by atoms with E-state index in [-0.39, 0.29) is 17.8 Å². The van der Waals surface area contributed by atoms with Gasteiger partial charge in [-0.15, -0.1) is 0 Å². The highest BCUT2D eigenvalue weighted by Crippen LogP contribution is 2.25. The van der Waals surface area contributed by atoms with Gasteiger partial charge in [-0.3, -0.25) is 20.0 Å². The van der Waals surface area contributed by atoms with Crippen molar-refractivity contribution < 1.29 is 14.1 Å². The van der Waals surface area contributed by atoms with Crippen molar-refractivity contribution in [3.8, 4) is 0 Å². The first-order chi connectivity index (χ1) is 9.90.